The van der Waals surface area contributed by atoms with Crippen LogP contribution in [0.2, 0.25) is 0 Å². The smallest absolute Gasteiger partial charge is 0.323 e. The summed E-state index contributed by atoms with van der Waals surface area (Å²) in [5.41, 5.74) is 4.55. The number of carbonyl (C=O) groups excluding carboxylic acids is 2. The maximum Gasteiger partial charge on any atom is 0.323 e. The molecule has 1 fully saturated rings. The molecule has 0 aliphatic heterocycles. The van der Waals surface area contributed by atoms with Crippen molar-refractivity contribution in [3.8, 4) is 0 Å². The number of rotatable bonds is 6. The first-order valence-corrected chi connectivity index (χ1v) is 11.5. The maximum atomic E-state index is 12.2. The fourth-order valence-corrected chi connectivity index (χ4v) is 4.06. The van der Waals surface area contributed by atoms with Crippen molar-refractivity contribution < 1.29 is 9.59 Å². The molecule has 1 saturated carbocycles. The Morgan fingerprint density at radius 1 is 0.606 bits per heavy atom. The van der Waals surface area contributed by atoms with Crippen LogP contribution in [0.4, 0.5) is 26.7 Å². The van der Waals surface area contributed by atoms with E-state index in [-0.39, 0.29) is 12.1 Å². The Bertz CT molecular complexity index is 1040. The number of carbonyl (C=O) groups is 2. The monoisotopic (exact) mass is 442 g/mol. The predicted octanol–water partition coefficient (Wildman–Crippen LogP) is 6.38. The Morgan fingerprint density at radius 2 is 1.09 bits per heavy atom. The molecule has 6 heteroatoms. The minimum absolute atomic E-state index is 0.131. The third-order valence-electron chi connectivity index (χ3n) is 5.80. The predicted molar refractivity (Wildman–Crippen MR) is 134 cm³/mol. The summed E-state index contributed by atoms with van der Waals surface area (Å²) in [4.78, 5) is 24.3. The largest absolute Gasteiger partial charge is 0.335 e. The van der Waals surface area contributed by atoms with Crippen LogP contribution >= 0.6 is 0 Å². The standard InChI is InChI=1S/C27H30N4O2/c32-26(28-22-7-3-1-4-8-22)30-24-15-11-20(12-16-24)19-21-13-17-25(18-14-21)31-27(33)29-23-9-5-2-6-10-23/h1,3-4,7-8,11-18,23H,2,5-6,9-10,19H2,(H2,28,30,32)(H2,29,31,33). The van der Waals surface area contributed by atoms with Crippen LogP contribution in [0, 0.1) is 0 Å². The van der Waals surface area contributed by atoms with E-state index >= 15 is 0 Å². The van der Waals surface area contributed by atoms with E-state index in [1.807, 2.05) is 78.9 Å². The Labute approximate surface area is 194 Å². The molecule has 0 heterocycles. The molecule has 0 unspecified atom stereocenters. The van der Waals surface area contributed by atoms with E-state index in [0.717, 1.165) is 47.5 Å². The average Bonchev–Trinajstić information content (AvgIpc) is 2.83. The van der Waals surface area contributed by atoms with Gasteiger partial charge in [0.2, 0.25) is 0 Å². The van der Waals surface area contributed by atoms with Gasteiger partial charge in [-0.15, -0.1) is 0 Å². The van der Waals surface area contributed by atoms with Crippen LogP contribution in [-0.2, 0) is 6.42 Å². The molecule has 1 aliphatic rings. The Balaban J connectivity index is 1.24. The van der Waals surface area contributed by atoms with Gasteiger partial charge in [0.25, 0.3) is 0 Å². The summed E-state index contributed by atoms with van der Waals surface area (Å²) in [6.45, 7) is 0. The minimum Gasteiger partial charge on any atom is -0.335 e. The number of hydrogen-bond donors (Lipinski definition) is 4. The van der Waals surface area contributed by atoms with Crippen molar-refractivity contribution in [2.45, 2.75) is 44.6 Å². The van der Waals surface area contributed by atoms with E-state index in [9.17, 15) is 9.59 Å². The van der Waals surface area contributed by atoms with E-state index in [1.54, 1.807) is 0 Å². The summed E-state index contributed by atoms with van der Waals surface area (Å²) in [6, 6.07) is 24.9. The minimum atomic E-state index is -0.274. The van der Waals surface area contributed by atoms with Crippen LogP contribution in [0.25, 0.3) is 0 Å². The highest BCUT2D eigenvalue weighted by Crippen LogP contribution is 2.19. The summed E-state index contributed by atoms with van der Waals surface area (Å²) < 4.78 is 0. The molecule has 0 atom stereocenters. The number of para-hydroxylation sites is 1. The van der Waals surface area contributed by atoms with E-state index in [0.29, 0.717) is 6.04 Å². The molecular formula is C27H30N4O2. The van der Waals surface area contributed by atoms with E-state index in [4.69, 9.17) is 0 Å². The van der Waals surface area contributed by atoms with Gasteiger partial charge in [-0.3, -0.25) is 0 Å². The quantitative estimate of drug-likeness (QED) is 0.357. The molecule has 0 bridgehead atoms. The topological polar surface area (TPSA) is 82.3 Å². The van der Waals surface area contributed by atoms with Crippen LogP contribution in [-0.4, -0.2) is 18.1 Å². The third-order valence-corrected chi connectivity index (χ3v) is 5.80. The molecule has 1 aliphatic carbocycles. The molecule has 170 valence electrons. The molecule has 33 heavy (non-hydrogen) atoms. The first-order valence-electron chi connectivity index (χ1n) is 11.5. The number of amides is 4. The van der Waals surface area contributed by atoms with Gasteiger partial charge in [-0.25, -0.2) is 9.59 Å². The maximum absolute atomic E-state index is 12.2. The van der Waals surface area contributed by atoms with E-state index in [2.05, 4.69) is 21.3 Å². The number of urea groups is 2. The lowest BCUT2D eigenvalue weighted by molar-refractivity contribution is 0.244. The number of anilines is 3. The van der Waals surface area contributed by atoms with Crippen LogP contribution in [0.5, 0.6) is 0 Å². The van der Waals surface area contributed by atoms with Crippen molar-refractivity contribution in [3.05, 3.63) is 90.0 Å². The molecule has 6 nitrogen and oxygen atoms in total. The van der Waals surface area contributed by atoms with E-state index in [1.165, 1.54) is 19.3 Å². The summed E-state index contributed by atoms with van der Waals surface area (Å²) >= 11 is 0. The van der Waals surface area contributed by atoms with Crippen molar-refractivity contribution in [2.75, 3.05) is 16.0 Å². The first kappa shape index (κ1) is 22.4. The first-order chi connectivity index (χ1) is 16.1. The van der Waals surface area contributed by atoms with Gasteiger partial charge in [-0.05, 0) is 66.8 Å². The van der Waals surface area contributed by atoms with Gasteiger partial charge in [0, 0.05) is 23.1 Å². The van der Waals surface area contributed by atoms with Gasteiger partial charge < -0.3 is 21.3 Å². The SMILES string of the molecule is O=C(Nc1ccccc1)Nc1ccc(Cc2ccc(NC(=O)NC3CCCCC3)cc2)cc1. The molecule has 4 N–H and O–H groups in total. The summed E-state index contributed by atoms with van der Waals surface area (Å²) in [5.74, 6) is 0. The zero-order valence-corrected chi connectivity index (χ0v) is 18.6. The molecule has 0 radical (unpaired) electrons. The third kappa shape index (κ3) is 7.10. The van der Waals surface area contributed by atoms with Crippen molar-refractivity contribution in [1.82, 2.24) is 5.32 Å². The van der Waals surface area contributed by atoms with Gasteiger partial charge in [0.15, 0.2) is 0 Å². The Kier molecular flexibility index (Phi) is 7.59. The van der Waals surface area contributed by atoms with Crippen molar-refractivity contribution in [2.24, 2.45) is 0 Å². The second kappa shape index (κ2) is 11.2. The van der Waals surface area contributed by atoms with Crippen LogP contribution < -0.4 is 21.3 Å². The highest BCUT2D eigenvalue weighted by atomic mass is 16.2. The second-order valence-corrected chi connectivity index (χ2v) is 8.45. The number of nitrogens with one attached hydrogen (secondary N) is 4. The molecule has 3 aromatic carbocycles. The van der Waals surface area contributed by atoms with Crippen LogP contribution in [0.15, 0.2) is 78.9 Å². The lowest BCUT2D eigenvalue weighted by Gasteiger charge is -2.22. The van der Waals surface area contributed by atoms with Gasteiger partial charge in [-0.1, -0.05) is 61.7 Å². The van der Waals surface area contributed by atoms with Gasteiger partial charge in [0.1, 0.15) is 0 Å². The lowest BCUT2D eigenvalue weighted by Crippen LogP contribution is -2.38. The zero-order valence-electron chi connectivity index (χ0n) is 18.6. The normalized spacial score (nSPS) is 13.7. The Morgan fingerprint density at radius 3 is 1.64 bits per heavy atom. The highest BCUT2D eigenvalue weighted by Gasteiger charge is 2.15. The zero-order chi connectivity index (χ0) is 22.9. The molecule has 3 aromatic rings. The van der Waals surface area contributed by atoms with Crippen LogP contribution in [0.3, 0.4) is 0 Å². The van der Waals surface area contributed by atoms with Gasteiger partial charge in [-0.2, -0.15) is 0 Å². The van der Waals surface area contributed by atoms with Crippen LogP contribution in [0.1, 0.15) is 43.2 Å². The van der Waals surface area contributed by atoms with Gasteiger partial charge in [0.05, 0.1) is 0 Å². The van der Waals surface area contributed by atoms with Crippen molar-refractivity contribution >= 4 is 29.1 Å². The summed E-state index contributed by atoms with van der Waals surface area (Å²) in [6.07, 6.45) is 6.56. The highest BCUT2D eigenvalue weighted by molar-refractivity contribution is 5.99. The Hall–Kier alpha value is -3.80. The second-order valence-electron chi connectivity index (χ2n) is 8.45. The van der Waals surface area contributed by atoms with Crippen molar-refractivity contribution in [3.63, 3.8) is 0 Å². The fraction of sp³-hybridized carbons (Fsp3) is 0.259. The van der Waals surface area contributed by atoms with Gasteiger partial charge >= 0.3 is 12.1 Å². The lowest BCUT2D eigenvalue weighted by atomic mass is 9.96. The number of benzene rings is 3. The molecule has 0 saturated heterocycles. The molecule has 4 amide bonds. The molecular weight excluding hydrogens is 412 g/mol. The molecule has 4 rings (SSSR count). The van der Waals surface area contributed by atoms with Crippen molar-refractivity contribution in [1.29, 1.82) is 0 Å². The fourth-order valence-electron chi connectivity index (χ4n) is 4.06. The summed E-state index contributed by atoms with van der Waals surface area (Å²) in [7, 11) is 0. The average molecular weight is 443 g/mol. The molecule has 0 aromatic heterocycles. The van der Waals surface area contributed by atoms with E-state index < -0.39 is 0 Å². The summed E-state index contributed by atoms with van der Waals surface area (Å²) in [5, 5.41) is 11.6. The molecule has 0 spiro atoms. The number of hydrogen-bond acceptors (Lipinski definition) is 2.